The van der Waals surface area contributed by atoms with Gasteiger partial charge in [-0.3, -0.25) is 9.78 Å². The molecule has 58 valence electrons. The van der Waals surface area contributed by atoms with E-state index in [0.717, 1.165) is 2.78 Å². The fourth-order valence-corrected chi connectivity index (χ4v) is 0.705. The van der Waals surface area contributed by atoms with E-state index in [-0.39, 0.29) is 5.82 Å². The van der Waals surface area contributed by atoms with E-state index in [0.29, 0.717) is 6.29 Å². The Balaban J connectivity index is 3.57. The smallest absolute Gasteiger partial charge is 0.294 e. The molecular weight excluding hydrogens is 265 g/mol. The molecule has 11 heavy (non-hydrogen) atoms. The van der Waals surface area contributed by atoms with Gasteiger partial charge in [0.2, 0.25) is 0 Å². The molecule has 0 saturated carbocycles. The number of rotatable bonds is 1. The van der Waals surface area contributed by atoms with Crippen molar-refractivity contribution in [1.29, 1.82) is 0 Å². The van der Waals surface area contributed by atoms with Gasteiger partial charge in [0, 0.05) is 0 Å². The van der Waals surface area contributed by atoms with Crippen LogP contribution in [0.5, 0.6) is 0 Å². The lowest BCUT2D eigenvalue weighted by atomic mass is 10.7. The standard InChI is InChI=1S/C4H2IN3O3/c5-8-3(10)6-2(1-9)7-4(8)11/h1H,(H,6,7,10,11). The van der Waals surface area contributed by atoms with E-state index in [1.54, 1.807) is 0 Å². The van der Waals surface area contributed by atoms with Crippen molar-refractivity contribution in [3.05, 3.63) is 26.8 Å². The van der Waals surface area contributed by atoms with Crippen LogP contribution in [0.3, 0.4) is 0 Å². The lowest BCUT2D eigenvalue weighted by Crippen LogP contribution is -2.32. The first-order chi connectivity index (χ1) is 5.15. The molecule has 0 unspecified atom stereocenters. The Labute approximate surface area is 73.8 Å². The maximum Gasteiger partial charge on any atom is 0.362 e. The summed E-state index contributed by atoms with van der Waals surface area (Å²) in [4.78, 5) is 36.8. The second-order valence-corrected chi connectivity index (χ2v) is 2.57. The van der Waals surface area contributed by atoms with Crippen LogP contribution in [0.15, 0.2) is 9.59 Å². The summed E-state index contributed by atoms with van der Waals surface area (Å²) in [5.41, 5.74) is -1.41. The highest BCUT2D eigenvalue weighted by Crippen LogP contribution is 1.76. The van der Waals surface area contributed by atoms with Crippen LogP contribution in [0.1, 0.15) is 10.6 Å². The minimum absolute atomic E-state index is 0.257. The number of aromatic amines is 1. The Bertz CT molecular complexity index is 361. The third kappa shape index (κ3) is 1.53. The number of carbonyl (C=O) groups excluding carboxylic acids is 1. The molecule has 0 spiro atoms. The third-order valence-corrected chi connectivity index (χ3v) is 1.76. The summed E-state index contributed by atoms with van der Waals surface area (Å²) >= 11 is 1.48. The molecule has 0 bridgehead atoms. The lowest BCUT2D eigenvalue weighted by Gasteiger charge is -1.90. The molecule has 1 aromatic rings. The summed E-state index contributed by atoms with van der Waals surface area (Å²) in [5, 5.41) is 0. The van der Waals surface area contributed by atoms with E-state index in [9.17, 15) is 14.4 Å². The highest BCUT2D eigenvalue weighted by molar-refractivity contribution is 14.1. The van der Waals surface area contributed by atoms with Gasteiger partial charge in [-0.25, -0.2) is 9.59 Å². The summed E-state index contributed by atoms with van der Waals surface area (Å²) in [6.45, 7) is 0. The van der Waals surface area contributed by atoms with Crippen LogP contribution in [0.2, 0.25) is 0 Å². The van der Waals surface area contributed by atoms with E-state index in [1.807, 2.05) is 0 Å². The molecule has 6 nitrogen and oxygen atoms in total. The van der Waals surface area contributed by atoms with Gasteiger partial charge in [-0.05, 0) is 0 Å². The van der Waals surface area contributed by atoms with Gasteiger partial charge in [0.05, 0.1) is 22.9 Å². The van der Waals surface area contributed by atoms with Crippen LogP contribution in [-0.2, 0) is 0 Å². The van der Waals surface area contributed by atoms with Crippen molar-refractivity contribution >= 4 is 29.2 Å². The minimum Gasteiger partial charge on any atom is -0.294 e. The van der Waals surface area contributed by atoms with Crippen LogP contribution in [0, 0.1) is 0 Å². The number of nitrogens with zero attached hydrogens (tertiary/aromatic N) is 2. The predicted molar refractivity (Wildman–Crippen MR) is 43.9 cm³/mol. The average molecular weight is 267 g/mol. The Morgan fingerprint density at radius 2 is 2.18 bits per heavy atom. The summed E-state index contributed by atoms with van der Waals surface area (Å²) in [7, 11) is 0. The second-order valence-electron chi connectivity index (χ2n) is 1.61. The van der Waals surface area contributed by atoms with Gasteiger partial charge in [-0.15, -0.1) is 0 Å². The number of H-pyrrole nitrogens is 1. The maximum absolute atomic E-state index is 10.7. The van der Waals surface area contributed by atoms with Crippen molar-refractivity contribution in [3.8, 4) is 0 Å². The Morgan fingerprint density at radius 3 is 2.64 bits per heavy atom. The molecule has 1 rings (SSSR count). The van der Waals surface area contributed by atoms with Gasteiger partial charge in [0.1, 0.15) is 0 Å². The summed E-state index contributed by atoms with van der Waals surface area (Å²) in [5.74, 6) is -0.257. The van der Waals surface area contributed by atoms with E-state index < -0.39 is 11.4 Å². The fraction of sp³-hybridized carbons (Fsp3) is 0. The van der Waals surface area contributed by atoms with Gasteiger partial charge < -0.3 is 0 Å². The van der Waals surface area contributed by atoms with Gasteiger partial charge in [-0.1, -0.05) is 0 Å². The zero-order valence-corrected chi connectivity index (χ0v) is 7.23. The third-order valence-electron chi connectivity index (χ3n) is 0.909. The molecule has 1 heterocycles. The SMILES string of the molecule is O=Cc1nc(=O)n(I)c(=O)[nH]1. The molecule has 0 fully saturated rings. The van der Waals surface area contributed by atoms with Crippen LogP contribution in [0.25, 0.3) is 0 Å². The molecule has 1 N–H and O–H groups in total. The maximum atomic E-state index is 10.7. The molecule has 0 atom stereocenters. The molecule has 0 aliphatic rings. The first-order valence-electron chi connectivity index (χ1n) is 2.50. The Morgan fingerprint density at radius 1 is 1.55 bits per heavy atom. The predicted octanol–water partition coefficient (Wildman–Crippen LogP) is -1.06. The van der Waals surface area contributed by atoms with Crippen LogP contribution >= 0.6 is 22.9 Å². The van der Waals surface area contributed by atoms with Crippen molar-refractivity contribution in [1.82, 2.24) is 12.7 Å². The molecular formula is C4H2IN3O3. The molecule has 0 saturated heterocycles. The molecule has 0 aliphatic heterocycles. The normalized spacial score (nSPS) is 9.55. The van der Waals surface area contributed by atoms with Crippen molar-refractivity contribution in [2.45, 2.75) is 0 Å². The number of hydrogen-bond donors (Lipinski definition) is 1. The molecule has 0 radical (unpaired) electrons. The van der Waals surface area contributed by atoms with E-state index in [2.05, 4.69) is 9.97 Å². The fourth-order valence-electron chi connectivity index (χ4n) is 0.476. The van der Waals surface area contributed by atoms with Crippen LogP contribution < -0.4 is 11.4 Å². The largest absolute Gasteiger partial charge is 0.362 e. The lowest BCUT2D eigenvalue weighted by molar-refractivity contribution is 0.111. The monoisotopic (exact) mass is 267 g/mol. The quantitative estimate of drug-likeness (QED) is 0.519. The van der Waals surface area contributed by atoms with E-state index >= 15 is 0 Å². The first kappa shape index (κ1) is 8.11. The summed E-state index contributed by atoms with van der Waals surface area (Å²) in [6.07, 6.45) is 0.305. The first-order valence-corrected chi connectivity index (χ1v) is 3.46. The van der Waals surface area contributed by atoms with Crippen molar-refractivity contribution in [2.24, 2.45) is 0 Å². The number of halogens is 1. The van der Waals surface area contributed by atoms with Gasteiger partial charge in [0.25, 0.3) is 0 Å². The number of carbonyl (C=O) groups is 1. The van der Waals surface area contributed by atoms with Gasteiger partial charge >= 0.3 is 11.4 Å². The van der Waals surface area contributed by atoms with E-state index in [1.165, 1.54) is 22.9 Å². The molecule has 0 aliphatic carbocycles. The van der Waals surface area contributed by atoms with Gasteiger partial charge in [0.15, 0.2) is 12.1 Å². The molecule has 7 heteroatoms. The second kappa shape index (κ2) is 2.95. The molecule has 1 aromatic heterocycles. The number of aromatic nitrogens is 3. The summed E-state index contributed by atoms with van der Waals surface area (Å²) < 4.78 is 0.741. The minimum atomic E-state index is -0.753. The molecule has 0 aromatic carbocycles. The number of aldehydes is 1. The Kier molecular flexibility index (Phi) is 2.17. The van der Waals surface area contributed by atoms with E-state index in [4.69, 9.17) is 0 Å². The zero-order chi connectivity index (χ0) is 8.43. The highest BCUT2D eigenvalue weighted by atomic mass is 127. The average Bonchev–Trinajstić information content (AvgIpc) is 1.99. The topological polar surface area (TPSA) is 84.8 Å². The van der Waals surface area contributed by atoms with Crippen molar-refractivity contribution in [3.63, 3.8) is 0 Å². The molecule has 0 amide bonds. The Hall–Kier alpha value is -0.990. The number of hydrogen-bond acceptors (Lipinski definition) is 4. The van der Waals surface area contributed by atoms with Crippen LogP contribution in [-0.4, -0.2) is 19.0 Å². The number of nitrogens with one attached hydrogen (secondary N) is 1. The van der Waals surface area contributed by atoms with Crippen LogP contribution in [0.4, 0.5) is 0 Å². The van der Waals surface area contributed by atoms with Crippen molar-refractivity contribution < 1.29 is 4.79 Å². The highest BCUT2D eigenvalue weighted by Gasteiger charge is 2.00. The van der Waals surface area contributed by atoms with Gasteiger partial charge in [-0.2, -0.15) is 7.76 Å². The summed E-state index contributed by atoms with van der Waals surface area (Å²) in [6, 6.07) is 0. The zero-order valence-electron chi connectivity index (χ0n) is 5.07. The van der Waals surface area contributed by atoms with Crippen molar-refractivity contribution in [2.75, 3.05) is 0 Å².